The Labute approximate surface area is 140 Å². The lowest BCUT2D eigenvalue weighted by molar-refractivity contribution is -0.131. The third kappa shape index (κ3) is 2.34. The van der Waals surface area contributed by atoms with Crippen LogP contribution in [0.2, 0.25) is 0 Å². The highest BCUT2D eigenvalue weighted by Gasteiger charge is 2.38. The molecule has 128 valence electrons. The van der Waals surface area contributed by atoms with Crippen molar-refractivity contribution in [3.8, 4) is 0 Å². The van der Waals surface area contributed by atoms with Gasteiger partial charge in [-0.25, -0.2) is 0 Å². The largest absolute Gasteiger partial charge is 0.361 e. The lowest BCUT2D eigenvalue weighted by Gasteiger charge is -2.43. The number of nitrogens with zero attached hydrogens (tertiary/aromatic N) is 2. The van der Waals surface area contributed by atoms with Crippen molar-refractivity contribution in [2.75, 3.05) is 32.7 Å². The van der Waals surface area contributed by atoms with Crippen LogP contribution >= 0.6 is 0 Å². The highest BCUT2D eigenvalue weighted by Crippen LogP contribution is 2.28. The third-order valence-corrected chi connectivity index (χ3v) is 5.37. The maximum Gasteiger partial charge on any atom is 0.256 e. The number of Topliss-reactive ketones (excluding diaryl/α,β-unsaturated/α-hetero) is 1. The summed E-state index contributed by atoms with van der Waals surface area (Å²) in [5.74, 6) is -0.0843. The molecular formula is C17H22N4O3. The summed E-state index contributed by atoms with van der Waals surface area (Å²) in [4.78, 5) is 44.6. The average molecular weight is 330 g/mol. The summed E-state index contributed by atoms with van der Waals surface area (Å²) in [6.45, 7) is 5.03. The number of aryl methyl sites for hydroxylation is 2. The van der Waals surface area contributed by atoms with Crippen LogP contribution in [0.25, 0.3) is 0 Å². The molecule has 3 aliphatic rings. The number of nitrogens with one attached hydrogen (secondary N) is 2. The monoisotopic (exact) mass is 330 g/mol. The van der Waals surface area contributed by atoms with Gasteiger partial charge in [-0.2, -0.15) is 0 Å². The highest BCUT2D eigenvalue weighted by molar-refractivity contribution is 6.10. The molecule has 0 radical (unpaired) electrons. The van der Waals surface area contributed by atoms with Gasteiger partial charge < -0.3 is 15.2 Å². The first-order valence-corrected chi connectivity index (χ1v) is 8.62. The molecular weight excluding hydrogens is 308 g/mol. The number of aromatic amines is 1. The van der Waals surface area contributed by atoms with Gasteiger partial charge in [0.15, 0.2) is 5.78 Å². The molecule has 2 N–H and O–H groups in total. The fourth-order valence-corrected chi connectivity index (χ4v) is 4.12. The molecule has 2 fully saturated rings. The van der Waals surface area contributed by atoms with Crippen molar-refractivity contribution in [3.05, 3.63) is 22.5 Å². The topological polar surface area (TPSA) is 85.5 Å². The number of amides is 2. The number of carbonyl (C=O) groups excluding carboxylic acids is 3. The Morgan fingerprint density at radius 3 is 2.83 bits per heavy atom. The number of rotatable bonds is 1. The van der Waals surface area contributed by atoms with E-state index in [9.17, 15) is 14.4 Å². The number of piperazine rings is 2. The normalized spacial score (nSPS) is 24.4. The SMILES string of the molecule is Cc1[nH]c2c(c1C(=O)N1CCN3CCNC(=O)[C@@H]3C1)C(=O)CCC2. The standard InChI is InChI=1S/C17H22N4O3/c1-10-14(15-11(19-10)3-2-4-13(15)22)17(24)21-8-7-20-6-5-18-16(23)12(20)9-21/h12,19H,2-9H2,1H3,(H,18,23)/t12-/m0/s1. The lowest BCUT2D eigenvalue weighted by Crippen LogP contribution is -2.64. The Hall–Kier alpha value is -2.15. The van der Waals surface area contributed by atoms with E-state index in [-0.39, 0.29) is 23.6 Å². The Balaban J connectivity index is 1.62. The van der Waals surface area contributed by atoms with Crippen LogP contribution in [-0.2, 0) is 11.2 Å². The molecule has 2 aliphatic heterocycles. The Morgan fingerprint density at radius 2 is 2.00 bits per heavy atom. The molecule has 1 aliphatic carbocycles. The van der Waals surface area contributed by atoms with Gasteiger partial charge in [0.25, 0.3) is 5.91 Å². The smallest absolute Gasteiger partial charge is 0.256 e. The summed E-state index contributed by atoms with van der Waals surface area (Å²) < 4.78 is 0. The highest BCUT2D eigenvalue weighted by atomic mass is 16.2. The van der Waals surface area contributed by atoms with E-state index < -0.39 is 0 Å². The predicted octanol–water partition coefficient (Wildman–Crippen LogP) is 0.0983. The van der Waals surface area contributed by atoms with Gasteiger partial charge in [0.1, 0.15) is 6.04 Å². The van der Waals surface area contributed by atoms with Crippen LogP contribution in [0, 0.1) is 6.92 Å². The van der Waals surface area contributed by atoms with Crippen LogP contribution in [0.1, 0.15) is 44.9 Å². The predicted molar refractivity (Wildman–Crippen MR) is 87.1 cm³/mol. The zero-order valence-corrected chi connectivity index (χ0v) is 13.9. The lowest BCUT2D eigenvalue weighted by atomic mass is 9.92. The maximum atomic E-state index is 13.1. The van der Waals surface area contributed by atoms with E-state index in [2.05, 4.69) is 15.2 Å². The summed E-state index contributed by atoms with van der Waals surface area (Å²) in [5.41, 5.74) is 2.75. The Morgan fingerprint density at radius 1 is 1.17 bits per heavy atom. The van der Waals surface area contributed by atoms with Crippen molar-refractivity contribution in [2.24, 2.45) is 0 Å². The summed E-state index contributed by atoms with van der Waals surface area (Å²) in [6, 6.07) is -0.276. The van der Waals surface area contributed by atoms with Gasteiger partial charge in [0.05, 0.1) is 11.1 Å². The van der Waals surface area contributed by atoms with Crippen molar-refractivity contribution in [3.63, 3.8) is 0 Å². The molecule has 1 aromatic rings. The van der Waals surface area contributed by atoms with Crippen molar-refractivity contribution in [1.82, 2.24) is 20.1 Å². The number of aromatic nitrogens is 1. The van der Waals surface area contributed by atoms with Crippen LogP contribution in [0.4, 0.5) is 0 Å². The average Bonchev–Trinajstić information content (AvgIpc) is 2.91. The maximum absolute atomic E-state index is 13.1. The van der Waals surface area contributed by atoms with Gasteiger partial charge in [0.2, 0.25) is 5.91 Å². The molecule has 7 nitrogen and oxygen atoms in total. The van der Waals surface area contributed by atoms with Crippen LogP contribution in [-0.4, -0.2) is 71.1 Å². The van der Waals surface area contributed by atoms with E-state index in [0.29, 0.717) is 43.7 Å². The van der Waals surface area contributed by atoms with Gasteiger partial charge in [-0.05, 0) is 19.8 Å². The van der Waals surface area contributed by atoms with E-state index in [0.717, 1.165) is 30.8 Å². The fraction of sp³-hybridized carbons (Fsp3) is 0.588. The number of fused-ring (bicyclic) bond motifs is 2. The molecule has 0 aromatic carbocycles. The minimum Gasteiger partial charge on any atom is -0.361 e. The second-order valence-corrected chi connectivity index (χ2v) is 6.85. The number of hydrogen-bond donors (Lipinski definition) is 2. The first-order chi connectivity index (χ1) is 11.6. The molecule has 7 heteroatoms. The second-order valence-electron chi connectivity index (χ2n) is 6.85. The third-order valence-electron chi connectivity index (χ3n) is 5.37. The molecule has 1 atom stereocenters. The zero-order valence-electron chi connectivity index (χ0n) is 13.9. The number of hydrogen-bond acceptors (Lipinski definition) is 4. The second kappa shape index (κ2) is 5.73. The number of ketones is 1. The molecule has 0 saturated carbocycles. The molecule has 1 aromatic heterocycles. The van der Waals surface area contributed by atoms with E-state index in [1.165, 1.54) is 0 Å². The van der Waals surface area contributed by atoms with Crippen LogP contribution in [0.3, 0.4) is 0 Å². The minimum absolute atomic E-state index is 0.0114. The van der Waals surface area contributed by atoms with Crippen molar-refractivity contribution in [2.45, 2.75) is 32.2 Å². The van der Waals surface area contributed by atoms with E-state index in [1.54, 1.807) is 4.90 Å². The number of carbonyl (C=O) groups is 3. The summed E-state index contributed by atoms with van der Waals surface area (Å²) in [5, 5.41) is 2.86. The Kier molecular flexibility index (Phi) is 3.68. The van der Waals surface area contributed by atoms with Crippen LogP contribution in [0.15, 0.2) is 0 Å². The first kappa shape index (κ1) is 15.4. The fourth-order valence-electron chi connectivity index (χ4n) is 4.12. The molecule has 3 heterocycles. The molecule has 4 rings (SSSR count). The zero-order chi connectivity index (χ0) is 16.8. The van der Waals surface area contributed by atoms with Crippen LogP contribution in [0.5, 0.6) is 0 Å². The molecule has 2 saturated heterocycles. The molecule has 0 unspecified atom stereocenters. The summed E-state index contributed by atoms with van der Waals surface area (Å²) >= 11 is 0. The summed E-state index contributed by atoms with van der Waals surface area (Å²) in [7, 11) is 0. The molecule has 0 bridgehead atoms. The summed E-state index contributed by atoms with van der Waals surface area (Å²) in [6.07, 6.45) is 2.15. The van der Waals surface area contributed by atoms with Crippen LogP contribution < -0.4 is 5.32 Å². The van der Waals surface area contributed by atoms with Crippen molar-refractivity contribution in [1.29, 1.82) is 0 Å². The van der Waals surface area contributed by atoms with Gasteiger partial charge in [-0.15, -0.1) is 0 Å². The van der Waals surface area contributed by atoms with Gasteiger partial charge in [-0.3, -0.25) is 19.3 Å². The molecule has 24 heavy (non-hydrogen) atoms. The Bertz CT molecular complexity index is 724. The first-order valence-electron chi connectivity index (χ1n) is 8.62. The van der Waals surface area contributed by atoms with Gasteiger partial charge in [0, 0.05) is 50.5 Å². The quantitative estimate of drug-likeness (QED) is 0.765. The molecule has 2 amide bonds. The van der Waals surface area contributed by atoms with Crippen molar-refractivity contribution < 1.29 is 14.4 Å². The van der Waals surface area contributed by atoms with E-state index in [1.807, 2.05) is 6.92 Å². The molecule has 0 spiro atoms. The van der Waals surface area contributed by atoms with E-state index in [4.69, 9.17) is 0 Å². The van der Waals surface area contributed by atoms with Gasteiger partial charge in [-0.1, -0.05) is 0 Å². The number of H-pyrrole nitrogens is 1. The van der Waals surface area contributed by atoms with Gasteiger partial charge >= 0.3 is 0 Å². The van der Waals surface area contributed by atoms with E-state index >= 15 is 0 Å². The minimum atomic E-state index is -0.276. The van der Waals surface area contributed by atoms with Crippen molar-refractivity contribution >= 4 is 17.6 Å².